The highest BCUT2D eigenvalue weighted by Crippen LogP contribution is 2.40. The molecule has 1 heterocycles. The van der Waals surface area contributed by atoms with E-state index in [1.54, 1.807) is 29.5 Å². The number of aryl methyl sites for hydroxylation is 1. The second-order valence-corrected chi connectivity index (χ2v) is 25.6. The summed E-state index contributed by atoms with van der Waals surface area (Å²) in [5, 5.41) is 4.17. The number of nitrogens with zero attached hydrogens (tertiary/aromatic N) is 1. The summed E-state index contributed by atoms with van der Waals surface area (Å²) < 4.78 is 27.8. The van der Waals surface area contributed by atoms with E-state index in [1.165, 1.54) is 13.2 Å². The number of benzene rings is 2. The smallest absolute Gasteiger partial charge is 0.306 e. The van der Waals surface area contributed by atoms with E-state index in [-0.39, 0.29) is 48.2 Å². The number of ether oxygens (including phenoxy) is 1. The van der Waals surface area contributed by atoms with Gasteiger partial charge in [0, 0.05) is 30.9 Å². The number of aromatic nitrogens is 1. The topological polar surface area (TPSA) is 112 Å². The largest absolute Gasteiger partial charge is 0.469 e. The van der Waals surface area contributed by atoms with Crippen molar-refractivity contribution in [1.29, 1.82) is 0 Å². The molecule has 2 aromatic carbocycles. The van der Waals surface area contributed by atoms with Crippen LogP contribution < -0.4 is 5.32 Å². The molecule has 0 aliphatic carbocycles. The molecule has 0 unspecified atom stereocenters. The van der Waals surface area contributed by atoms with Gasteiger partial charge in [-0.05, 0) is 77.4 Å². The number of ketones is 2. The first kappa shape index (κ1) is 49.8. The van der Waals surface area contributed by atoms with Gasteiger partial charge in [0.15, 0.2) is 8.32 Å². The van der Waals surface area contributed by atoms with Gasteiger partial charge in [0.25, 0.3) is 0 Å². The van der Waals surface area contributed by atoms with E-state index < -0.39 is 60.8 Å². The summed E-state index contributed by atoms with van der Waals surface area (Å²) in [4.78, 5) is 61.0. The van der Waals surface area contributed by atoms with Crippen LogP contribution in [0.4, 0.5) is 4.39 Å². The van der Waals surface area contributed by atoms with Crippen molar-refractivity contribution in [2.45, 2.75) is 151 Å². The number of methoxy groups -OCH3 is 1. The lowest BCUT2D eigenvalue weighted by Gasteiger charge is -2.43. The predicted octanol–water partition coefficient (Wildman–Crippen LogP) is 11.0. The number of halogens is 1. The van der Waals surface area contributed by atoms with E-state index in [2.05, 4.69) is 63.2 Å². The first-order valence-corrected chi connectivity index (χ1v) is 24.9. The van der Waals surface area contributed by atoms with Crippen LogP contribution in [0.1, 0.15) is 118 Å². The number of thiazole rings is 1. The van der Waals surface area contributed by atoms with E-state index in [0.29, 0.717) is 18.4 Å². The predicted molar refractivity (Wildman–Crippen MR) is 240 cm³/mol. The zero-order valence-electron chi connectivity index (χ0n) is 38.2. The highest BCUT2D eigenvalue weighted by molar-refractivity contribution is 7.15. The van der Waals surface area contributed by atoms with Gasteiger partial charge in [-0.2, -0.15) is 0 Å². The summed E-state index contributed by atoms with van der Waals surface area (Å²) in [5.74, 6) is -3.30. The highest BCUT2D eigenvalue weighted by atomic mass is 32.1. The van der Waals surface area contributed by atoms with Crippen LogP contribution in [-0.4, -0.2) is 56.0 Å². The second-order valence-electron chi connectivity index (χ2n) is 19.7. The molecule has 1 N–H and O–H groups in total. The van der Waals surface area contributed by atoms with Crippen molar-refractivity contribution in [3.63, 3.8) is 0 Å². The van der Waals surface area contributed by atoms with Crippen LogP contribution in [0, 0.1) is 34.4 Å². The lowest BCUT2D eigenvalue weighted by Crippen LogP contribution is -2.55. The molecule has 8 nitrogen and oxygen atoms in total. The number of amides is 1. The molecule has 0 radical (unpaired) electrons. The van der Waals surface area contributed by atoms with Crippen LogP contribution >= 0.6 is 11.3 Å². The quantitative estimate of drug-likeness (QED) is 0.0890. The molecule has 1 amide bonds. The fourth-order valence-electron chi connectivity index (χ4n) is 7.17. The van der Waals surface area contributed by atoms with E-state index in [0.717, 1.165) is 27.4 Å². The lowest BCUT2D eigenvalue weighted by molar-refractivity contribution is -0.146. The Bertz CT molecular complexity index is 1870. The highest BCUT2D eigenvalue weighted by Gasteiger charge is 2.44. The van der Waals surface area contributed by atoms with Crippen LogP contribution in [0.3, 0.4) is 0 Å². The van der Waals surface area contributed by atoms with Gasteiger partial charge in [0.05, 0.1) is 41.5 Å². The van der Waals surface area contributed by atoms with E-state index >= 15 is 4.39 Å². The average Bonchev–Trinajstić information content (AvgIpc) is 3.63. The summed E-state index contributed by atoms with van der Waals surface area (Å²) in [6.45, 7) is 26.3. The molecule has 11 heteroatoms. The third-order valence-corrected chi connectivity index (χ3v) is 17.8. The number of hydrogen-bond donors (Lipinski definition) is 1. The molecule has 0 fully saturated rings. The molecule has 326 valence electrons. The van der Waals surface area contributed by atoms with Crippen molar-refractivity contribution in [1.82, 2.24) is 10.3 Å². The molecule has 0 saturated heterocycles. The fourth-order valence-corrected chi connectivity index (χ4v) is 9.41. The minimum Gasteiger partial charge on any atom is -0.469 e. The van der Waals surface area contributed by atoms with E-state index in [9.17, 15) is 19.2 Å². The summed E-state index contributed by atoms with van der Waals surface area (Å²) in [7, 11) is -1.29. The van der Waals surface area contributed by atoms with Crippen molar-refractivity contribution in [2.75, 3.05) is 7.11 Å². The van der Waals surface area contributed by atoms with Gasteiger partial charge in [-0.25, -0.2) is 9.37 Å². The van der Waals surface area contributed by atoms with Gasteiger partial charge in [-0.3, -0.25) is 19.2 Å². The van der Waals surface area contributed by atoms with Crippen LogP contribution in [0.2, 0.25) is 18.1 Å². The van der Waals surface area contributed by atoms with Crippen molar-refractivity contribution < 1.29 is 32.7 Å². The Morgan fingerprint density at radius 2 is 1.44 bits per heavy atom. The summed E-state index contributed by atoms with van der Waals surface area (Å²) in [5.41, 5.74) is 1.33. The number of rotatable bonds is 20. The van der Waals surface area contributed by atoms with Crippen LogP contribution in [0.15, 0.2) is 54.7 Å². The standard InChI is InChI=1S/C48H71FN2O6SSi/c1-15-39(52)35(46(3,4)5)28-40(53)34(26-33-19-17-18-20-37(33)49)27-41(57-59(13,14)48(9,10)11)38(51-45(55)36(47(6,7)8)29-44(54)56-12)25-31-21-23-32(24-22-31)42-30-50-43(16-2)58-42/h17-24,30,34-36,38,41H,15-16,25-29H2,1-14H3,(H,51,55)/t34-,35-,36-,38+,41+/m1/s1. The SMILES string of the molecule is CCC(=O)[C@@H](CC(=O)[C@H](Cc1ccccc1F)C[C@H](O[Si](C)(C)C(C)(C)C)[C@H](Cc1ccc(-c2cnc(CC)s2)cc1)NC(=O)[C@@H](CC(=O)OC)C(C)(C)C)C(C)(C)C. The Morgan fingerprint density at radius 3 is 1.95 bits per heavy atom. The third-order valence-electron chi connectivity index (χ3n) is 12.1. The second kappa shape index (κ2) is 20.8. The Hall–Kier alpha value is -3.54. The maximum absolute atomic E-state index is 15.5. The average molecular weight is 851 g/mol. The molecule has 0 bridgehead atoms. The van der Waals surface area contributed by atoms with Gasteiger partial charge in [0.2, 0.25) is 5.91 Å². The summed E-state index contributed by atoms with van der Waals surface area (Å²) in [6, 6.07) is 14.1. The fraction of sp³-hybridized carbons (Fsp3) is 0.604. The first-order chi connectivity index (χ1) is 27.3. The molecule has 0 spiro atoms. The molecular weight excluding hydrogens is 780 g/mol. The van der Waals surface area contributed by atoms with Gasteiger partial charge < -0.3 is 14.5 Å². The molecule has 1 aromatic heterocycles. The Kier molecular flexibility index (Phi) is 17.6. The number of carbonyl (C=O) groups is 4. The maximum atomic E-state index is 15.5. The normalized spacial score (nSPS) is 15.2. The molecule has 0 aliphatic heterocycles. The van der Waals surface area contributed by atoms with Crippen molar-refractivity contribution in [2.24, 2.45) is 28.6 Å². The first-order valence-electron chi connectivity index (χ1n) is 21.2. The molecule has 0 saturated carbocycles. The molecular formula is C48H71FN2O6SSi. The van der Waals surface area contributed by atoms with Crippen LogP contribution in [0.5, 0.6) is 0 Å². The number of hydrogen-bond acceptors (Lipinski definition) is 8. The van der Waals surface area contributed by atoms with E-state index in [4.69, 9.17) is 9.16 Å². The molecule has 5 atom stereocenters. The molecule has 0 aliphatic rings. The van der Waals surface area contributed by atoms with E-state index in [1.807, 2.05) is 66.8 Å². The third kappa shape index (κ3) is 14.3. The van der Waals surface area contributed by atoms with Gasteiger partial charge in [-0.15, -0.1) is 11.3 Å². The Morgan fingerprint density at radius 1 is 0.831 bits per heavy atom. The van der Waals surface area contributed by atoms with Crippen LogP contribution in [-0.2, 0) is 47.6 Å². The molecule has 3 aromatic rings. The zero-order chi connectivity index (χ0) is 44.5. The maximum Gasteiger partial charge on any atom is 0.306 e. The van der Waals surface area contributed by atoms with Gasteiger partial charge in [-0.1, -0.05) is 119 Å². The summed E-state index contributed by atoms with van der Waals surface area (Å²) >= 11 is 1.66. The monoisotopic (exact) mass is 850 g/mol. The molecule has 59 heavy (non-hydrogen) atoms. The van der Waals surface area contributed by atoms with Crippen LogP contribution in [0.25, 0.3) is 10.4 Å². The van der Waals surface area contributed by atoms with Crippen molar-refractivity contribution in [3.8, 4) is 10.4 Å². The minimum atomic E-state index is -2.61. The summed E-state index contributed by atoms with van der Waals surface area (Å²) in [6.07, 6.45) is 2.92. The Balaban J connectivity index is 2.24. The number of Topliss-reactive ketones (excluding diaryl/α,β-unsaturated/α-hetero) is 2. The van der Waals surface area contributed by atoms with Gasteiger partial charge in [0.1, 0.15) is 17.4 Å². The minimum absolute atomic E-state index is 0.0150. The number of nitrogens with one attached hydrogen (secondary N) is 1. The molecule has 3 rings (SSSR count). The number of esters is 1. The number of carbonyl (C=O) groups excluding carboxylic acids is 4. The van der Waals surface area contributed by atoms with Crippen molar-refractivity contribution in [3.05, 3.63) is 76.7 Å². The zero-order valence-corrected chi connectivity index (χ0v) is 40.0. The lowest BCUT2D eigenvalue weighted by atomic mass is 9.72. The Labute approximate surface area is 359 Å². The van der Waals surface area contributed by atoms with Crippen molar-refractivity contribution >= 4 is 43.1 Å². The van der Waals surface area contributed by atoms with Gasteiger partial charge >= 0.3 is 5.97 Å².